The maximum absolute atomic E-state index is 12.8. The van der Waals surface area contributed by atoms with Gasteiger partial charge in [0.05, 0.1) is 6.42 Å². The molecule has 0 aromatic rings. The second-order valence-electron chi connectivity index (χ2n) is 21.3. The summed E-state index contributed by atoms with van der Waals surface area (Å²) in [7, 11) is 0. The lowest BCUT2D eigenvalue weighted by atomic mass is 10.0. The van der Waals surface area contributed by atoms with Gasteiger partial charge >= 0.3 is 17.9 Å². The summed E-state index contributed by atoms with van der Waals surface area (Å²) < 4.78 is 16.8. The van der Waals surface area contributed by atoms with Crippen LogP contribution in [0, 0.1) is 0 Å². The zero-order chi connectivity index (χ0) is 54.3. The second kappa shape index (κ2) is 63.1. The molecule has 0 aromatic carbocycles. The highest BCUT2D eigenvalue weighted by atomic mass is 16.6. The van der Waals surface area contributed by atoms with Gasteiger partial charge in [0, 0.05) is 12.8 Å². The Hall–Kier alpha value is -3.41. The maximum atomic E-state index is 12.8. The number of ether oxygens (including phenoxy) is 3. The molecule has 0 aliphatic heterocycles. The van der Waals surface area contributed by atoms with Crippen LogP contribution in [0.25, 0.3) is 0 Å². The van der Waals surface area contributed by atoms with Gasteiger partial charge in [-0.05, 0) is 96.3 Å². The number of esters is 3. The van der Waals surface area contributed by atoms with E-state index in [0.717, 1.165) is 83.5 Å². The molecular weight excluding hydrogens is 925 g/mol. The van der Waals surface area contributed by atoms with E-state index in [1.807, 2.05) is 6.08 Å². The second-order valence-corrected chi connectivity index (χ2v) is 21.3. The van der Waals surface area contributed by atoms with E-state index in [2.05, 4.69) is 93.7 Å². The number of carbonyl (C=O) groups is 3. The first-order valence-electron chi connectivity index (χ1n) is 32.1. The molecule has 0 rings (SSSR count). The van der Waals surface area contributed by atoms with Gasteiger partial charge in [0.2, 0.25) is 0 Å². The monoisotopic (exact) mass is 1040 g/mol. The molecular formula is C69H120O6. The SMILES string of the molecule is CC/C=C\C/C=C\C/C=C\C/C=C\C/C=C\CC(=O)OC(COC(=O)CCCCCCC/C=C\CCCCCCCC)COC(=O)CCCCCCCCCCCCCCCCC/C=C\CCCCCCCCCC. The lowest BCUT2D eigenvalue weighted by molar-refractivity contribution is -0.166. The number of hydrogen-bond donors (Lipinski definition) is 0. The van der Waals surface area contributed by atoms with Crippen molar-refractivity contribution in [3.8, 4) is 0 Å². The first kappa shape index (κ1) is 71.6. The molecule has 0 radical (unpaired) electrons. The Morgan fingerprint density at radius 1 is 0.293 bits per heavy atom. The van der Waals surface area contributed by atoms with E-state index in [4.69, 9.17) is 14.2 Å². The number of carbonyl (C=O) groups excluding carboxylic acids is 3. The number of allylic oxidation sites excluding steroid dienone is 13. The fourth-order valence-electron chi connectivity index (χ4n) is 9.10. The number of rotatable bonds is 58. The lowest BCUT2D eigenvalue weighted by Gasteiger charge is -2.18. The van der Waals surface area contributed by atoms with Gasteiger partial charge in [0.25, 0.3) is 0 Å². The summed E-state index contributed by atoms with van der Waals surface area (Å²) in [5.41, 5.74) is 0. The van der Waals surface area contributed by atoms with Gasteiger partial charge in [-0.25, -0.2) is 0 Å². The summed E-state index contributed by atoms with van der Waals surface area (Å²) in [6, 6.07) is 0. The molecule has 6 nitrogen and oxygen atoms in total. The van der Waals surface area contributed by atoms with Crippen molar-refractivity contribution >= 4 is 17.9 Å². The van der Waals surface area contributed by atoms with Crippen LogP contribution in [0.1, 0.15) is 316 Å². The molecule has 6 heteroatoms. The molecule has 1 unspecified atom stereocenters. The minimum Gasteiger partial charge on any atom is -0.462 e. The van der Waals surface area contributed by atoms with Gasteiger partial charge in [-0.2, -0.15) is 0 Å². The van der Waals surface area contributed by atoms with E-state index >= 15 is 0 Å². The molecule has 0 aliphatic rings. The Morgan fingerprint density at radius 2 is 0.560 bits per heavy atom. The molecule has 0 bridgehead atoms. The van der Waals surface area contributed by atoms with Crippen molar-refractivity contribution in [2.24, 2.45) is 0 Å². The maximum Gasteiger partial charge on any atom is 0.310 e. The zero-order valence-electron chi connectivity index (χ0n) is 49.6. The quantitative estimate of drug-likeness (QED) is 0.0261. The van der Waals surface area contributed by atoms with Crippen molar-refractivity contribution in [2.75, 3.05) is 13.2 Å². The molecule has 0 N–H and O–H groups in total. The van der Waals surface area contributed by atoms with Crippen LogP contribution in [-0.4, -0.2) is 37.2 Å². The molecule has 0 aliphatic carbocycles. The van der Waals surface area contributed by atoms with E-state index in [1.54, 1.807) is 6.08 Å². The third-order valence-electron chi connectivity index (χ3n) is 13.9. The standard InChI is InChI=1S/C69H120O6/c1-4-7-10-13-16-19-22-25-28-29-30-31-32-33-34-35-36-37-38-39-42-44-47-50-53-56-59-62-68(71)74-65-66(75-69(72)63-60-57-54-51-48-45-41-27-24-21-18-15-12-9-6-3)64-73-67(70)61-58-55-52-49-46-43-40-26-23-20-17-14-11-8-5-2/h9,12,18,21,26-27,29-30,40-41,48,51,57,60,66H,4-8,10-11,13-17,19-20,22-25,28,31-39,42-47,49-50,52-56,58-59,61-65H2,1-3H3/b12-9-,21-18-,30-29-,40-26-,41-27-,51-48-,60-57-. The predicted octanol–water partition coefficient (Wildman–Crippen LogP) is 21.9. The van der Waals surface area contributed by atoms with Gasteiger partial charge in [0.15, 0.2) is 6.10 Å². The average molecular weight is 1050 g/mol. The van der Waals surface area contributed by atoms with Crippen molar-refractivity contribution in [3.05, 3.63) is 85.1 Å². The van der Waals surface area contributed by atoms with Crippen LogP contribution < -0.4 is 0 Å². The Morgan fingerprint density at radius 3 is 0.867 bits per heavy atom. The normalized spacial score (nSPS) is 12.6. The summed E-state index contributed by atoms with van der Waals surface area (Å²) >= 11 is 0. The molecule has 432 valence electrons. The van der Waals surface area contributed by atoms with Gasteiger partial charge in [-0.3, -0.25) is 14.4 Å². The first-order valence-corrected chi connectivity index (χ1v) is 32.1. The highest BCUT2D eigenvalue weighted by molar-refractivity contribution is 5.72. The topological polar surface area (TPSA) is 78.9 Å². The van der Waals surface area contributed by atoms with Gasteiger partial charge in [-0.15, -0.1) is 0 Å². The molecule has 0 amide bonds. The molecule has 1 atom stereocenters. The molecule has 0 saturated heterocycles. The minimum atomic E-state index is -0.834. The predicted molar refractivity (Wildman–Crippen MR) is 325 cm³/mol. The van der Waals surface area contributed by atoms with E-state index < -0.39 is 12.1 Å². The largest absolute Gasteiger partial charge is 0.462 e. The Balaban J connectivity index is 4.32. The van der Waals surface area contributed by atoms with Gasteiger partial charge in [-0.1, -0.05) is 286 Å². The van der Waals surface area contributed by atoms with E-state index in [1.165, 1.54) is 193 Å². The van der Waals surface area contributed by atoms with Crippen LogP contribution in [0.5, 0.6) is 0 Å². The molecule has 0 fully saturated rings. The Kier molecular flexibility index (Phi) is 60.3. The molecule has 75 heavy (non-hydrogen) atoms. The summed E-state index contributed by atoms with van der Waals surface area (Å²) in [5, 5.41) is 0. The van der Waals surface area contributed by atoms with E-state index in [0.29, 0.717) is 12.8 Å². The van der Waals surface area contributed by atoms with Crippen LogP contribution in [0.4, 0.5) is 0 Å². The summed E-state index contributed by atoms with van der Waals surface area (Å²) in [6.07, 6.45) is 83.4. The van der Waals surface area contributed by atoms with Crippen LogP contribution in [-0.2, 0) is 28.6 Å². The smallest absolute Gasteiger partial charge is 0.310 e. The zero-order valence-corrected chi connectivity index (χ0v) is 49.6. The third kappa shape index (κ3) is 61.3. The van der Waals surface area contributed by atoms with Gasteiger partial charge in [0.1, 0.15) is 13.2 Å². The fourth-order valence-corrected chi connectivity index (χ4v) is 9.10. The molecule has 0 aromatic heterocycles. The van der Waals surface area contributed by atoms with Crippen LogP contribution in [0.15, 0.2) is 85.1 Å². The summed E-state index contributed by atoms with van der Waals surface area (Å²) in [6.45, 7) is 6.46. The molecule has 0 spiro atoms. The highest BCUT2D eigenvalue weighted by Gasteiger charge is 2.19. The number of hydrogen-bond acceptors (Lipinski definition) is 6. The fraction of sp³-hybridized carbons (Fsp3) is 0.754. The van der Waals surface area contributed by atoms with Crippen LogP contribution >= 0.6 is 0 Å². The van der Waals surface area contributed by atoms with Crippen molar-refractivity contribution in [2.45, 2.75) is 322 Å². The van der Waals surface area contributed by atoms with Gasteiger partial charge < -0.3 is 14.2 Å². The molecule has 0 saturated carbocycles. The van der Waals surface area contributed by atoms with Crippen LogP contribution in [0.2, 0.25) is 0 Å². The van der Waals surface area contributed by atoms with E-state index in [9.17, 15) is 14.4 Å². The van der Waals surface area contributed by atoms with Crippen LogP contribution in [0.3, 0.4) is 0 Å². The Labute approximate surface area is 465 Å². The van der Waals surface area contributed by atoms with Crippen molar-refractivity contribution in [3.63, 3.8) is 0 Å². The minimum absolute atomic E-state index is 0.0961. The lowest BCUT2D eigenvalue weighted by Crippen LogP contribution is -2.30. The summed E-state index contributed by atoms with van der Waals surface area (Å²) in [4.78, 5) is 38.2. The third-order valence-corrected chi connectivity index (χ3v) is 13.9. The highest BCUT2D eigenvalue weighted by Crippen LogP contribution is 2.16. The first-order chi connectivity index (χ1) is 37.0. The van der Waals surface area contributed by atoms with Crippen molar-refractivity contribution < 1.29 is 28.6 Å². The van der Waals surface area contributed by atoms with E-state index in [-0.39, 0.29) is 31.6 Å². The van der Waals surface area contributed by atoms with Crippen molar-refractivity contribution in [1.29, 1.82) is 0 Å². The number of unbranched alkanes of at least 4 members (excludes halogenated alkanes) is 34. The molecule has 0 heterocycles. The van der Waals surface area contributed by atoms with Crippen molar-refractivity contribution in [1.82, 2.24) is 0 Å². The Bertz CT molecular complexity index is 1430. The average Bonchev–Trinajstić information content (AvgIpc) is 3.41. The summed E-state index contributed by atoms with van der Waals surface area (Å²) in [5.74, 6) is -1.04.